The van der Waals surface area contributed by atoms with Gasteiger partial charge in [0.05, 0.1) is 37.1 Å². The smallest absolute Gasteiger partial charge is 0.183 e. The highest BCUT2D eigenvalue weighted by molar-refractivity contribution is 6.09. The first-order valence-corrected chi connectivity index (χ1v) is 15.7. The molecule has 0 saturated carbocycles. The first-order valence-electron chi connectivity index (χ1n) is 15.7. The fourth-order valence-corrected chi connectivity index (χ4v) is 6.01. The molecule has 0 fully saturated rings. The number of benzene rings is 2. The van der Waals surface area contributed by atoms with Gasteiger partial charge in [-0.3, -0.25) is 9.79 Å². The number of phenols is 2. The molecule has 2 aromatic rings. The Morgan fingerprint density at radius 2 is 1.96 bits per heavy atom. The molecule has 5 rings (SSSR count). The number of ether oxygens (including phenoxy) is 1. The lowest BCUT2D eigenvalue weighted by atomic mass is 9.91. The fourth-order valence-electron chi connectivity index (χ4n) is 6.01. The van der Waals surface area contributed by atoms with Crippen LogP contribution in [0.15, 0.2) is 58.9 Å². The number of ketones is 1. The number of allylic oxidation sites excluding steroid dienone is 1. The summed E-state index contributed by atoms with van der Waals surface area (Å²) < 4.78 is 6.29. The lowest BCUT2D eigenvalue weighted by molar-refractivity contribution is -0.121. The van der Waals surface area contributed by atoms with E-state index in [2.05, 4.69) is 16.8 Å². The topological polar surface area (TPSA) is 195 Å². The van der Waals surface area contributed by atoms with Crippen LogP contribution < -0.4 is 16.2 Å². The lowest BCUT2D eigenvalue weighted by Crippen LogP contribution is -2.35. The minimum absolute atomic E-state index is 0.0544. The monoisotopic (exact) mass is 630 g/mol. The summed E-state index contributed by atoms with van der Waals surface area (Å²) in [4.78, 5) is 19.1. The van der Waals surface area contributed by atoms with Crippen molar-refractivity contribution in [1.82, 2.24) is 4.90 Å². The first kappa shape index (κ1) is 33.2. The number of hydrogen-bond donors (Lipinski definition) is 7. The maximum atomic E-state index is 12.5. The molecule has 0 radical (unpaired) electrons. The molecule has 244 valence electrons. The number of aryl methyl sites for hydroxylation is 1. The third-order valence-corrected chi connectivity index (χ3v) is 8.50. The third-order valence-electron chi connectivity index (χ3n) is 8.50. The number of Topliss-reactive ketones (excluding diaryl/α,β-unsaturated/α-hetero) is 1. The van der Waals surface area contributed by atoms with E-state index in [1.54, 1.807) is 12.1 Å². The summed E-state index contributed by atoms with van der Waals surface area (Å²) in [5.41, 5.74) is 17.3. The van der Waals surface area contributed by atoms with Crippen LogP contribution in [-0.4, -0.2) is 66.9 Å². The number of rotatable bonds is 12. The lowest BCUT2D eigenvalue weighted by Gasteiger charge is -2.27. The van der Waals surface area contributed by atoms with Gasteiger partial charge in [-0.25, -0.2) is 0 Å². The second kappa shape index (κ2) is 14.5. The van der Waals surface area contributed by atoms with E-state index in [1.807, 2.05) is 30.3 Å². The molecule has 0 amide bonds. The summed E-state index contributed by atoms with van der Waals surface area (Å²) in [6, 6.07) is 8.15. The first-order chi connectivity index (χ1) is 22.0. The standard InChI is InChI=1S/C35H42N4O7/c1-2-4-24(40)14-26(42)15-25(41)9-7-20-13-33(32(45)16-31(20)44)46-34-6-3-5-30(43)27-10-8-21(35(36)37)11-22(27)12-23-17-38-29-19-39(34)18-28(23)29/h8,10-11,13,16-18,24,26,30,34-35,40,42-45H,2,4,6-7,9,12,14-15,19,36-37H2,1H3. The highest BCUT2D eigenvalue weighted by atomic mass is 16.5. The minimum Gasteiger partial charge on any atom is -0.508 e. The van der Waals surface area contributed by atoms with E-state index in [-0.39, 0.29) is 55.1 Å². The Kier molecular flexibility index (Phi) is 10.5. The SMILES string of the molecule is CCCC(O)CC(O)CC(=O)CCc1cc(OC2CC#CC(O)c3ccc(C(N)N)cc3CC3=CN=C4CN2C=C34)c(O)cc1O. The molecular weight excluding hydrogens is 588 g/mol. The predicted molar refractivity (Wildman–Crippen MR) is 173 cm³/mol. The van der Waals surface area contributed by atoms with Crippen LogP contribution in [0.5, 0.6) is 17.2 Å². The number of carbonyl (C=O) groups excluding carboxylic acids is 1. The Labute approximate surface area is 268 Å². The number of aliphatic hydroxyl groups is 3. The van der Waals surface area contributed by atoms with Crippen LogP contribution in [0.4, 0.5) is 0 Å². The van der Waals surface area contributed by atoms with Crippen molar-refractivity contribution in [2.75, 3.05) is 6.54 Å². The van der Waals surface area contributed by atoms with Gasteiger partial charge in [-0.05, 0) is 53.2 Å². The van der Waals surface area contributed by atoms with Gasteiger partial charge in [0.1, 0.15) is 17.6 Å². The predicted octanol–water partition coefficient (Wildman–Crippen LogP) is 2.74. The van der Waals surface area contributed by atoms with Crippen molar-refractivity contribution >= 4 is 11.5 Å². The van der Waals surface area contributed by atoms with Crippen molar-refractivity contribution in [1.29, 1.82) is 0 Å². The van der Waals surface area contributed by atoms with Gasteiger partial charge >= 0.3 is 0 Å². The second-order valence-electron chi connectivity index (χ2n) is 12.1. The van der Waals surface area contributed by atoms with E-state index in [1.165, 1.54) is 12.1 Å². The number of phenolic OH excluding ortho intramolecular Hbond substituents is 2. The molecule has 11 nitrogen and oxygen atoms in total. The van der Waals surface area contributed by atoms with Crippen molar-refractivity contribution < 1.29 is 35.1 Å². The Bertz CT molecular complexity index is 1620. The third kappa shape index (κ3) is 7.78. The Morgan fingerprint density at radius 3 is 2.72 bits per heavy atom. The molecule has 0 aromatic heterocycles. The maximum absolute atomic E-state index is 12.5. The zero-order valence-electron chi connectivity index (χ0n) is 25.9. The molecule has 3 aliphatic rings. The molecule has 0 aliphatic carbocycles. The van der Waals surface area contributed by atoms with Crippen molar-refractivity contribution in [2.45, 2.75) is 89.0 Å². The number of aliphatic imine (C=N–C) groups is 1. The molecule has 2 aromatic carbocycles. The fraction of sp³-hybridized carbons (Fsp3) is 0.429. The second-order valence-corrected chi connectivity index (χ2v) is 12.1. The summed E-state index contributed by atoms with van der Waals surface area (Å²) >= 11 is 0. The Hall–Kier alpha value is -4.18. The van der Waals surface area contributed by atoms with Crippen LogP contribution in [0.2, 0.25) is 0 Å². The van der Waals surface area contributed by atoms with Gasteiger partial charge in [-0.15, -0.1) is 0 Å². The molecule has 3 aliphatic heterocycles. The Morgan fingerprint density at radius 1 is 1.15 bits per heavy atom. The van der Waals surface area contributed by atoms with Gasteiger partial charge < -0.3 is 46.6 Å². The average molecular weight is 631 g/mol. The van der Waals surface area contributed by atoms with Crippen molar-refractivity contribution in [3.63, 3.8) is 0 Å². The minimum atomic E-state index is -1.07. The number of nitrogens with two attached hydrogens (primary N) is 2. The van der Waals surface area contributed by atoms with E-state index < -0.39 is 30.7 Å². The highest BCUT2D eigenvalue weighted by Gasteiger charge is 2.32. The molecule has 4 unspecified atom stereocenters. The van der Waals surface area contributed by atoms with Gasteiger partial charge in [0, 0.05) is 43.3 Å². The van der Waals surface area contributed by atoms with Crippen LogP contribution in [0.25, 0.3) is 0 Å². The van der Waals surface area contributed by atoms with Crippen LogP contribution in [-0.2, 0) is 17.6 Å². The zero-order valence-corrected chi connectivity index (χ0v) is 25.9. The number of aromatic hydroxyl groups is 2. The normalized spacial score (nSPS) is 20.0. The van der Waals surface area contributed by atoms with E-state index >= 15 is 0 Å². The van der Waals surface area contributed by atoms with Crippen LogP contribution in [0.3, 0.4) is 0 Å². The number of fused-ring (bicyclic) bond motifs is 2. The molecule has 46 heavy (non-hydrogen) atoms. The van der Waals surface area contributed by atoms with Gasteiger partial charge in [0.25, 0.3) is 0 Å². The molecule has 11 heteroatoms. The van der Waals surface area contributed by atoms with Crippen LogP contribution in [0.1, 0.15) is 80.0 Å². The van der Waals surface area contributed by atoms with Gasteiger partial charge in [-0.1, -0.05) is 43.4 Å². The molecule has 0 saturated heterocycles. The summed E-state index contributed by atoms with van der Waals surface area (Å²) in [6.07, 6.45) is 2.06. The van der Waals surface area contributed by atoms with Crippen molar-refractivity contribution in [2.24, 2.45) is 16.5 Å². The number of nitrogens with zero attached hydrogens (tertiary/aromatic N) is 2. The molecule has 0 spiro atoms. The van der Waals surface area contributed by atoms with Crippen molar-refractivity contribution in [3.05, 3.63) is 76.1 Å². The van der Waals surface area contributed by atoms with Crippen LogP contribution in [0, 0.1) is 11.8 Å². The summed E-state index contributed by atoms with van der Waals surface area (Å²) in [5.74, 6) is 5.39. The summed E-state index contributed by atoms with van der Waals surface area (Å²) in [6.45, 7) is 2.38. The van der Waals surface area contributed by atoms with Gasteiger partial charge in [0.2, 0.25) is 0 Å². The van der Waals surface area contributed by atoms with Gasteiger partial charge in [-0.2, -0.15) is 0 Å². The summed E-state index contributed by atoms with van der Waals surface area (Å²) in [7, 11) is 0. The van der Waals surface area contributed by atoms with E-state index in [4.69, 9.17) is 16.2 Å². The largest absolute Gasteiger partial charge is 0.508 e. The van der Waals surface area contributed by atoms with E-state index in [9.17, 15) is 30.3 Å². The van der Waals surface area contributed by atoms with E-state index in [0.29, 0.717) is 30.5 Å². The molecule has 4 atom stereocenters. The number of hydrogen-bond acceptors (Lipinski definition) is 11. The molecule has 3 heterocycles. The number of carbonyl (C=O) groups is 1. The molecular formula is C35H42N4O7. The quantitative estimate of drug-likeness (QED) is 0.135. The van der Waals surface area contributed by atoms with Crippen LogP contribution >= 0.6 is 0 Å². The number of aliphatic hydroxyl groups excluding tert-OH is 3. The zero-order chi connectivity index (χ0) is 33.0. The van der Waals surface area contributed by atoms with Crippen molar-refractivity contribution in [3.8, 4) is 29.1 Å². The molecule has 2 bridgehead atoms. The molecule has 9 N–H and O–H groups in total. The Balaban J connectivity index is 1.34. The summed E-state index contributed by atoms with van der Waals surface area (Å²) in [5, 5.41) is 52.4. The highest BCUT2D eigenvalue weighted by Crippen LogP contribution is 2.37. The van der Waals surface area contributed by atoms with Gasteiger partial charge in [0.15, 0.2) is 17.7 Å². The maximum Gasteiger partial charge on any atom is 0.183 e. The van der Waals surface area contributed by atoms with E-state index in [0.717, 1.165) is 34.4 Å². The average Bonchev–Trinajstić information content (AvgIpc) is 3.58.